The van der Waals surface area contributed by atoms with Gasteiger partial charge < -0.3 is 9.84 Å². The summed E-state index contributed by atoms with van der Waals surface area (Å²) in [6, 6.07) is 13.8. The minimum Gasteiger partial charge on any atom is -0.504 e. The van der Waals surface area contributed by atoms with Crippen molar-refractivity contribution in [2.75, 3.05) is 12.4 Å². The number of carbonyl (C=O) groups excluding carboxylic acids is 1. The molecule has 3 aromatic rings. The van der Waals surface area contributed by atoms with Gasteiger partial charge in [-0.15, -0.1) is 10.2 Å². The number of carbonyl (C=O) groups is 1. The van der Waals surface area contributed by atoms with Crippen molar-refractivity contribution in [1.29, 1.82) is 0 Å². The summed E-state index contributed by atoms with van der Waals surface area (Å²) in [6.07, 6.45) is 7.21. The van der Waals surface area contributed by atoms with Crippen LogP contribution >= 0.6 is 11.8 Å². The van der Waals surface area contributed by atoms with Crippen molar-refractivity contribution < 1.29 is 14.6 Å². The highest BCUT2D eigenvalue weighted by atomic mass is 32.2. The monoisotopic (exact) mass is 493 g/mol. The van der Waals surface area contributed by atoms with Crippen LogP contribution in [0.4, 0.5) is 0 Å². The number of aryl methyl sites for hydroxylation is 1. The summed E-state index contributed by atoms with van der Waals surface area (Å²) in [5.41, 5.74) is 5.21. The predicted molar refractivity (Wildman–Crippen MR) is 138 cm³/mol. The highest BCUT2D eigenvalue weighted by Gasteiger charge is 2.24. The maximum atomic E-state index is 12.5. The number of benzene rings is 2. The van der Waals surface area contributed by atoms with Crippen LogP contribution in [0.2, 0.25) is 0 Å². The molecule has 1 heterocycles. The van der Waals surface area contributed by atoms with E-state index >= 15 is 0 Å². The number of phenols is 1. The first-order chi connectivity index (χ1) is 17.1. The predicted octanol–water partition coefficient (Wildman–Crippen LogP) is 5.11. The third-order valence-corrected chi connectivity index (χ3v) is 6.91. The van der Waals surface area contributed by atoms with Crippen LogP contribution in [0.15, 0.2) is 52.7 Å². The Bertz CT molecular complexity index is 1170. The smallest absolute Gasteiger partial charge is 0.250 e. The fraction of sp³-hybridized carbons (Fsp3) is 0.385. The van der Waals surface area contributed by atoms with E-state index in [0.717, 1.165) is 29.4 Å². The standard InChI is InChI=1S/C26H31N5O3S/c1-3-34-22-11-7-8-20(24(22)33)16-27-28-23(32)17-35-26-30-29-25(19-14-12-18(2)13-15-19)31(26)21-9-5-4-6-10-21/h7-8,11-16,21,33H,3-6,9-10,17H2,1-2H3,(H,28,32)/b27-16-. The SMILES string of the molecule is CCOc1cccc(/C=N\NC(=O)CSc2nnc(-c3ccc(C)cc3)n2C2CCCCC2)c1O. The molecule has 0 spiro atoms. The molecule has 1 aliphatic carbocycles. The number of rotatable bonds is 9. The Labute approximate surface area is 209 Å². The molecule has 0 radical (unpaired) electrons. The van der Waals surface area contributed by atoms with Crippen LogP contribution < -0.4 is 10.2 Å². The molecule has 2 N–H and O–H groups in total. The second kappa shape index (κ2) is 11.9. The summed E-state index contributed by atoms with van der Waals surface area (Å²) in [5.74, 6) is 1.11. The van der Waals surface area contributed by atoms with Gasteiger partial charge in [-0.2, -0.15) is 5.10 Å². The van der Waals surface area contributed by atoms with Gasteiger partial charge in [0.05, 0.1) is 18.6 Å². The largest absolute Gasteiger partial charge is 0.504 e. The second-order valence-electron chi connectivity index (χ2n) is 8.54. The molecule has 35 heavy (non-hydrogen) atoms. The quantitative estimate of drug-likeness (QED) is 0.244. The zero-order chi connectivity index (χ0) is 24.6. The van der Waals surface area contributed by atoms with Crippen molar-refractivity contribution in [3.8, 4) is 22.9 Å². The van der Waals surface area contributed by atoms with Crippen LogP contribution in [0.1, 0.15) is 56.2 Å². The molecule has 1 amide bonds. The van der Waals surface area contributed by atoms with Gasteiger partial charge in [0.1, 0.15) is 0 Å². The molecule has 9 heteroatoms. The lowest BCUT2D eigenvalue weighted by Gasteiger charge is -2.25. The Morgan fingerprint density at radius 3 is 2.71 bits per heavy atom. The number of ether oxygens (including phenoxy) is 1. The molecule has 0 atom stereocenters. The van der Waals surface area contributed by atoms with Gasteiger partial charge in [-0.05, 0) is 38.8 Å². The molecule has 0 bridgehead atoms. The number of phenolic OH excluding ortho intramolecular Hbond substituents is 1. The normalized spacial score (nSPS) is 14.3. The molecule has 1 fully saturated rings. The number of aromatic nitrogens is 3. The van der Waals surface area contributed by atoms with E-state index in [1.54, 1.807) is 18.2 Å². The summed E-state index contributed by atoms with van der Waals surface area (Å²) in [5, 5.41) is 23.9. The molecule has 1 saturated carbocycles. The summed E-state index contributed by atoms with van der Waals surface area (Å²) >= 11 is 1.36. The Morgan fingerprint density at radius 2 is 1.97 bits per heavy atom. The van der Waals surface area contributed by atoms with Gasteiger partial charge in [0.2, 0.25) is 0 Å². The minimum atomic E-state index is -0.262. The van der Waals surface area contributed by atoms with Crippen molar-refractivity contribution in [1.82, 2.24) is 20.2 Å². The number of hydrogen-bond donors (Lipinski definition) is 2. The number of nitrogens with one attached hydrogen (secondary N) is 1. The van der Waals surface area contributed by atoms with E-state index in [1.165, 1.54) is 42.8 Å². The van der Waals surface area contributed by atoms with Crippen molar-refractivity contribution in [2.24, 2.45) is 5.10 Å². The highest BCUT2D eigenvalue weighted by Crippen LogP contribution is 2.35. The average Bonchev–Trinajstić information content (AvgIpc) is 3.30. The fourth-order valence-electron chi connectivity index (χ4n) is 4.19. The molecule has 1 aliphatic rings. The average molecular weight is 494 g/mol. The molecule has 184 valence electrons. The summed E-state index contributed by atoms with van der Waals surface area (Å²) in [7, 11) is 0. The maximum absolute atomic E-state index is 12.5. The zero-order valence-electron chi connectivity index (χ0n) is 20.1. The molecule has 2 aromatic carbocycles. The molecule has 0 aliphatic heterocycles. The van der Waals surface area contributed by atoms with Crippen LogP contribution in [-0.2, 0) is 4.79 Å². The van der Waals surface area contributed by atoms with E-state index in [2.05, 4.69) is 56.5 Å². The van der Waals surface area contributed by atoms with E-state index < -0.39 is 0 Å². The van der Waals surface area contributed by atoms with Crippen molar-refractivity contribution in [3.63, 3.8) is 0 Å². The minimum absolute atomic E-state index is 0.00839. The third-order valence-electron chi connectivity index (χ3n) is 5.97. The number of hydrazone groups is 1. The summed E-state index contributed by atoms with van der Waals surface area (Å²) in [4.78, 5) is 12.5. The van der Waals surface area contributed by atoms with Gasteiger partial charge in [0, 0.05) is 17.2 Å². The number of para-hydroxylation sites is 1. The number of nitrogens with zero attached hydrogens (tertiary/aromatic N) is 4. The van der Waals surface area contributed by atoms with E-state index in [1.807, 2.05) is 6.92 Å². The van der Waals surface area contributed by atoms with E-state index in [0.29, 0.717) is 24.0 Å². The lowest BCUT2D eigenvalue weighted by molar-refractivity contribution is -0.118. The van der Waals surface area contributed by atoms with Gasteiger partial charge in [-0.3, -0.25) is 9.36 Å². The zero-order valence-corrected chi connectivity index (χ0v) is 20.9. The van der Waals surface area contributed by atoms with Crippen LogP contribution in [0.5, 0.6) is 11.5 Å². The van der Waals surface area contributed by atoms with Gasteiger partial charge in [0.25, 0.3) is 5.91 Å². The molecular formula is C26H31N5O3S. The number of thioether (sulfide) groups is 1. The molecule has 0 unspecified atom stereocenters. The Balaban J connectivity index is 1.43. The van der Waals surface area contributed by atoms with Crippen LogP contribution in [0.25, 0.3) is 11.4 Å². The van der Waals surface area contributed by atoms with Crippen molar-refractivity contribution >= 4 is 23.9 Å². The lowest BCUT2D eigenvalue weighted by Crippen LogP contribution is -2.20. The molecule has 8 nitrogen and oxygen atoms in total. The first-order valence-electron chi connectivity index (χ1n) is 12.0. The lowest BCUT2D eigenvalue weighted by atomic mass is 9.95. The van der Waals surface area contributed by atoms with Crippen LogP contribution in [0, 0.1) is 6.92 Å². The Morgan fingerprint density at radius 1 is 1.20 bits per heavy atom. The Kier molecular flexibility index (Phi) is 8.41. The van der Waals surface area contributed by atoms with Crippen molar-refractivity contribution in [3.05, 3.63) is 53.6 Å². The highest BCUT2D eigenvalue weighted by molar-refractivity contribution is 7.99. The topological polar surface area (TPSA) is 102 Å². The van der Waals surface area contributed by atoms with E-state index in [9.17, 15) is 9.90 Å². The van der Waals surface area contributed by atoms with Gasteiger partial charge in [-0.1, -0.05) is 66.9 Å². The second-order valence-corrected chi connectivity index (χ2v) is 9.49. The molecular weight excluding hydrogens is 462 g/mol. The maximum Gasteiger partial charge on any atom is 0.250 e. The van der Waals surface area contributed by atoms with Crippen molar-refractivity contribution in [2.45, 2.75) is 57.1 Å². The van der Waals surface area contributed by atoms with E-state index in [4.69, 9.17) is 4.74 Å². The van der Waals surface area contributed by atoms with Gasteiger partial charge in [0.15, 0.2) is 22.5 Å². The molecule has 0 saturated heterocycles. The van der Waals surface area contributed by atoms with Crippen LogP contribution in [0.3, 0.4) is 0 Å². The Hall–Kier alpha value is -3.33. The number of amides is 1. The van der Waals surface area contributed by atoms with E-state index in [-0.39, 0.29) is 17.4 Å². The van der Waals surface area contributed by atoms with Crippen LogP contribution in [-0.4, -0.2) is 44.4 Å². The summed E-state index contributed by atoms with van der Waals surface area (Å²) < 4.78 is 7.59. The fourth-order valence-corrected chi connectivity index (χ4v) is 4.99. The number of aromatic hydroxyl groups is 1. The summed E-state index contributed by atoms with van der Waals surface area (Å²) in [6.45, 7) is 4.35. The first kappa shape index (κ1) is 24.8. The first-order valence-corrected chi connectivity index (χ1v) is 13.0. The van der Waals surface area contributed by atoms with Gasteiger partial charge in [-0.25, -0.2) is 5.43 Å². The third kappa shape index (κ3) is 6.22. The van der Waals surface area contributed by atoms with Gasteiger partial charge >= 0.3 is 0 Å². The molecule has 1 aromatic heterocycles. The number of hydrogen-bond acceptors (Lipinski definition) is 7. The molecule has 4 rings (SSSR count).